The van der Waals surface area contributed by atoms with Crippen LogP contribution in [0.15, 0.2) is 41.3 Å². The predicted octanol–water partition coefficient (Wildman–Crippen LogP) is 4.91. The number of amides is 1. The molecular weight excluding hydrogens is 384 g/mol. The first kappa shape index (κ1) is 20.2. The first-order chi connectivity index (χ1) is 12.3. The molecule has 1 amide bonds. The summed E-state index contributed by atoms with van der Waals surface area (Å²) in [4.78, 5) is 24.3. The minimum Gasteiger partial charge on any atom is -0.468 e. The van der Waals surface area contributed by atoms with E-state index in [0.29, 0.717) is 11.3 Å². The van der Waals surface area contributed by atoms with E-state index in [0.717, 1.165) is 23.9 Å². The fourth-order valence-electron chi connectivity index (χ4n) is 2.12. The molecule has 1 atom stereocenters. The lowest BCUT2D eigenvalue weighted by molar-refractivity contribution is -0.140. The molecule has 138 valence electrons. The maximum Gasteiger partial charge on any atom is 0.319 e. The smallest absolute Gasteiger partial charge is 0.319 e. The molecule has 0 saturated carbocycles. The second-order valence-corrected chi connectivity index (χ2v) is 6.92. The average molecular weight is 400 g/mol. The number of benzene rings is 2. The molecule has 1 unspecified atom stereocenters. The van der Waals surface area contributed by atoms with Gasteiger partial charge in [0.25, 0.3) is 5.91 Å². The van der Waals surface area contributed by atoms with Crippen LogP contribution in [0.5, 0.6) is 0 Å². The van der Waals surface area contributed by atoms with Crippen molar-refractivity contribution < 1.29 is 23.1 Å². The monoisotopic (exact) mass is 399 g/mol. The highest BCUT2D eigenvalue weighted by molar-refractivity contribution is 8.00. The number of rotatable bonds is 6. The molecule has 0 saturated heterocycles. The van der Waals surface area contributed by atoms with E-state index in [1.807, 2.05) is 0 Å². The maximum absolute atomic E-state index is 14.2. The first-order valence-electron chi connectivity index (χ1n) is 7.66. The Morgan fingerprint density at radius 1 is 1.27 bits per heavy atom. The van der Waals surface area contributed by atoms with E-state index in [1.165, 1.54) is 31.4 Å². The van der Waals surface area contributed by atoms with Crippen LogP contribution in [-0.4, -0.2) is 24.2 Å². The van der Waals surface area contributed by atoms with Gasteiger partial charge in [-0.1, -0.05) is 24.6 Å². The summed E-state index contributed by atoms with van der Waals surface area (Å²) in [5.74, 6) is -2.41. The van der Waals surface area contributed by atoms with E-state index in [9.17, 15) is 18.4 Å². The van der Waals surface area contributed by atoms with Crippen LogP contribution in [0.25, 0.3) is 0 Å². The maximum atomic E-state index is 14.2. The summed E-state index contributed by atoms with van der Waals surface area (Å²) in [6, 6.07) is 7.42. The van der Waals surface area contributed by atoms with Crippen molar-refractivity contribution in [3.63, 3.8) is 0 Å². The van der Waals surface area contributed by atoms with Crippen molar-refractivity contribution in [3.05, 3.63) is 58.6 Å². The number of hydrogen-bond acceptors (Lipinski definition) is 4. The van der Waals surface area contributed by atoms with E-state index in [1.54, 1.807) is 6.92 Å². The normalized spacial score (nSPS) is 11.7. The lowest BCUT2D eigenvalue weighted by Gasteiger charge is -2.15. The van der Waals surface area contributed by atoms with Crippen LogP contribution in [-0.2, 0) is 9.53 Å². The molecule has 0 radical (unpaired) electrons. The molecule has 0 spiro atoms. The van der Waals surface area contributed by atoms with Crippen LogP contribution in [0.2, 0.25) is 5.02 Å². The van der Waals surface area contributed by atoms with Gasteiger partial charge in [0.05, 0.1) is 17.8 Å². The number of hydrogen-bond donors (Lipinski definition) is 1. The SMILES string of the molecule is CCC(Sc1cc(NC(=O)c2cccc(F)c2)c(F)cc1Cl)C(=O)OC. The topological polar surface area (TPSA) is 55.4 Å². The number of ether oxygens (including phenoxy) is 1. The molecule has 0 aliphatic rings. The summed E-state index contributed by atoms with van der Waals surface area (Å²) in [5, 5.41) is 1.98. The lowest BCUT2D eigenvalue weighted by atomic mass is 10.2. The van der Waals surface area contributed by atoms with Gasteiger partial charge in [-0.25, -0.2) is 8.78 Å². The first-order valence-corrected chi connectivity index (χ1v) is 8.92. The number of carbonyl (C=O) groups is 2. The lowest BCUT2D eigenvalue weighted by Crippen LogP contribution is -2.18. The van der Waals surface area contributed by atoms with Crippen molar-refractivity contribution >= 4 is 40.9 Å². The van der Waals surface area contributed by atoms with Gasteiger partial charge >= 0.3 is 5.97 Å². The molecule has 8 heteroatoms. The van der Waals surface area contributed by atoms with E-state index in [4.69, 9.17) is 16.3 Å². The van der Waals surface area contributed by atoms with Crippen LogP contribution in [0, 0.1) is 11.6 Å². The number of halogens is 3. The van der Waals surface area contributed by atoms with E-state index < -0.39 is 28.8 Å². The van der Waals surface area contributed by atoms with Crippen molar-refractivity contribution in [2.45, 2.75) is 23.5 Å². The van der Waals surface area contributed by atoms with Gasteiger partial charge in [-0.2, -0.15) is 0 Å². The molecule has 0 aliphatic heterocycles. The third-order valence-corrected chi connectivity index (χ3v) is 5.29. The molecule has 2 aromatic carbocycles. The van der Waals surface area contributed by atoms with Crippen molar-refractivity contribution in [1.29, 1.82) is 0 Å². The molecule has 0 aliphatic carbocycles. The molecule has 0 heterocycles. The highest BCUT2D eigenvalue weighted by Crippen LogP contribution is 2.35. The standard InChI is InChI=1S/C18H16ClF2NO3S/c1-3-15(18(24)25-2)26-16-9-14(13(21)8-12(16)19)22-17(23)10-5-4-6-11(20)7-10/h4-9,15H,3H2,1-2H3,(H,22,23). The Morgan fingerprint density at radius 2 is 2.00 bits per heavy atom. The molecule has 0 bridgehead atoms. The van der Waals surface area contributed by atoms with Crippen molar-refractivity contribution in [1.82, 2.24) is 0 Å². The summed E-state index contributed by atoms with van der Waals surface area (Å²) < 4.78 is 32.1. The largest absolute Gasteiger partial charge is 0.468 e. The van der Waals surface area contributed by atoms with Gasteiger partial charge in [-0.15, -0.1) is 11.8 Å². The summed E-state index contributed by atoms with van der Waals surface area (Å²) in [5.41, 5.74) is -0.0690. The van der Waals surface area contributed by atoms with Gasteiger partial charge in [0.2, 0.25) is 0 Å². The Morgan fingerprint density at radius 3 is 2.62 bits per heavy atom. The Balaban J connectivity index is 2.26. The van der Waals surface area contributed by atoms with Gasteiger partial charge in [0.1, 0.15) is 16.9 Å². The summed E-state index contributed by atoms with van der Waals surface area (Å²) in [7, 11) is 1.28. The van der Waals surface area contributed by atoms with Crippen molar-refractivity contribution in [3.8, 4) is 0 Å². The minimum absolute atomic E-state index is 0.0505. The van der Waals surface area contributed by atoms with Gasteiger partial charge in [-0.05, 0) is 36.8 Å². The average Bonchev–Trinajstić information content (AvgIpc) is 2.62. The van der Waals surface area contributed by atoms with Crippen LogP contribution >= 0.6 is 23.4 Å². The molecule has 2 rings (SSSR count). The van der Waals surface area contributed by atoms with Crippen molar-refractivity contribution in [2.75, 3.05) is 12.4 Å². The highest BCUT2D eigenvalue weighted by Gasteiger charge is 2.21. The number of anilines is 1. The minimum atomic E-state index is -0.741. The second-order valence-electron chi connectivity index (χ2n) is 5.26. The van der Waals surface area contributed by atoms with Crippen molar-refractivity contribution in [2.24, 2.45) is 0 Å². The Bertz CT molecular complexity index is 832. The van der Waals surface area contributed by atoms with E-state index >= 15 is 0 Å². The van der Waals surface area contributed by atoms with E-state index in [-0.39, 0.29) is 16.3 Å². The number of carbonyl (C=O) groups excluding carboxylic acids is 2. The van der Waals surface area contributed by atoms with Crippen LogP contribution < -0.4 is 5.32 Å². The molecular formula is C18H16ClF2NO3S. The Kier molecular flexibility index (Phi) is 6.99. The quantitative estimate of drug-likeness (QED) is 0.553. The summed E-state index contributed by atoms with van der Waals surface area (Å²) >= 11 is 7.16. The zero-order valence-electron chi connectivity index (χ0n) is 14.0. The Hall–Kier alpha value is -2.12. The van der Waals surface area contributed by atoms with E-state index in [2.05, 4.69) is 5.32 Å². The predicted molar refractivity (Wildman–Crippen MR) is 97.7 cm³/mol. The molecule has 1 N–H and O–H groups in total. The molecule has 26 heavy (non-hydrogen) atoms. The molecule has 2 aromatic rings. The summed E-state index contributed by atoms with van der Waals surface area (Å²) in [6.07, 6.45) is 0.482. The van der Waals surface area contributed by atoms with Gasteiger partial charge in [0, 0.05) is 10.5 Å². The molecule has 0 aromatic heterocycles. The van der Waals surface area contributed by atoms with Crippen LogP contribution in [0.1, 0.15) is 23.7 Å². The van der Waals surface area contributed by atoms with Crippen LogP contribution in [0.3, 0.4) is 0 Å². The number of methoxy groups -OCH3 is 1. The van der Waals surface area contributed by atoms with Crippen LogP contribution in [0.4, 0.5) is 14.5 Å². The van der Waals surface area contributed by atoms with Gasteiger partial charge < -0.3 is 10.1 Å². The zero-order chi connectivity index (χ0) is 19.3. The van der Waals surface area contributed by atoms with Gasteiger partial charge in [-0.3, -0.25) is 9.59 Å². The summed E-state index contributed by atoms with van der Waals surface area (Å²) in [6.45, 7) is 1.80. The highest BCUT2D eigenvalue weighted by atomic mass is 35.5. The second kappa shape index (κ2) is 9.00. The Labute approximate surface area is 158 Å². The number of esters is 1. The zero-order valence-corrected chi connectivity index (χ0v) is 15.6. The third-order valence-electron chi connectivity index (χ3n) is 3.46. The number of thioether (sulfide) groups is 1. The molecule has 0 fully saturated rings. The third kappa shape index (κ3) is 4.95. The molecule has 4 nitrogen and oxygen atoms in total. The fourth-order valence-corrected chi connectivity index (χ4v) is 3.43. The fraction of sp³-hybridized carbons (Fsp3) is 0.222. The van der Waals surface area contributed by atoms with Gasteiger partial charge in [0.15, 0.2) is 0 Å². The number of nitrogens with one attached hydrogen (secondary N) is 1.